The van der Waals surface area contributed by atoms with E-state index in [2.05, 4.69) is 29.4 Å². The van der Waals surface area contributed by atoms with Gasteiger partial charge in [-0.05, 0) is 43.5 Å². The Morgan fingerprint density at radius 3 is 1.66 bits per heavy atom. The average molecular weight is 586 g/mol. The molecule has 0 unspecified atom stereocenters. The van der Waals surface area contributed by atoms with E-state index in [0.29, 0.717) is 0 Å². The van der Waals surface area contributed by atoms with Crippen LogP contribution in [0.25, 0.3) is 0 Å². The molecule has 0 bridgehead atoms. The summed E-state index contributed by atoms with van der Waals surface area (Å²) < 4.78 is 12.4. The molecule has 6 heteroatoms. The third-order valence-electron chi connectivity index (χ3n) is 7.47. The van der Waals surface area contributed by atoms with Crippen molar-refractivity contribution in [1.29, 1.82) is 0 Å². The maximum Gasteiger partial charge on any atom is 0.203 e. The summed E-state index contributed by atoms with van der Waals surface area (Å²) in [5, 5.41) is 7.18. The second kappa shape index (κ2) is 24.5. The molecule has 1 aromatic heterocycles. The zero-order chi connectivity index (χ0) is 29.2. The predicted octanol–water partition coefficient (Wildman–Crippen LogP) is 11.5. The molecule has 0 atom stereocenters. The molecule has 0 amide bonds. The minimum absolute atomic E-state index is 0.725. The van der Waals surface area contributed by atoms with Gasteiger partial charge in [0.1, 0.15) is 0 Å². The topological polar surface area (TPSA) is 55.7 Å². The van der Waals surface area contributed by atoms with Gasteiger partial charge in [-0.1, -0.05) is 129 Å². The van der Waals surface area contributed by atoms with Crippen LogP contribution in [0.15, 0.2) is 28.7 Å². The van der Waals surface area contributed by atoms with Crippen molar-refractivity contribution < 1.29 is 9.47 Å². The molecule has 0 spiro atoms. The van der Waals surface area contributed by atoms with E-state index in [4.69, 9.17) is 9.47 Å². The molecular formula is C35H59N3O2S. The SMILES string of the molecule is CCCCCCCCCCCCOc1ccc(C=NNc2nc(C)cs2)cc1OCCCCCCCCCCCC. The molecule has 1 N–H and O–H groups in total. The van der Waals surface area contributed by atoms with E-state index < -0.39 is 0 Å². The van der Waals surface area contributed by atoms with E-state index in [1.54, 1.807) is 11.3 Å². The van der Waals surface area contributed by atoms with Crippen LogP contribution in [0.3, 0.4) is 0 Å². The summed E-state index contributed by atoms with van der Waals surface area (Å²) in [6, 6.07) is 6.11. The molecule has 2 aromatic rings. The first kappa shape index (κ1) is 35.1. The molecule has 0 aliphatic heterocycles. The zero-order valence-electron chi connectivity index (χ0n) is 26.6. The molecule has 2 rings (SSSR count). The molecule has 0 aliphatic carbocycles. The fourth-order valence-electron chi connectivity index (χ4n) is 4.95. The number of aromatic nitrogens is 1. The normalized spacial score (nSPS) is 11.4. The molecule has 5 nitrogen and oxygen atoms in total. The lowest BCUT2D eigenvalue weighted by Gasteiger charge is -2.14. The van der Waals surface area contributed by atoms with E-state index >= 15 is 0 Å². The summed E-state index contributed by atoms with van der Waals surface area (Å²) in [5.74, 6) is 1.66. The van der Waals surface area contributed by atoms with Crippen LogP contribution in [-0.2, 0) is 0 Å². The van der Waals surface area contributed by atoms with Gasteiger partial charge < -0.3 is 9.47 Å². The highest BCUT2D eigenvalue weighted by Gasteiger charge is 2.07. The Morgan fingerprint density at radius 2 is 1.17 bits per heavy atom. The van der Waals surface area contributed by atoms with Gasteiger partial charge >= 0.3 is 0 Å². The summed E-state index contributed by atoms with van der Waals surface area (Å²) in [6.07, 6.45) is 28.3. The molecule has 0 saturated heterocycles. The summed E-state index contributed by atoms with van der Waals surface area (Å²) in [7, 11) is 0. The van der Waals surface area contributed by atoms with Crippen LogP contribution in [-0.4, -0.2) is 24.4 Å². The number of aryl methyl sites for hydroxylation is 1. The van der Waals surface area contributed by atoms with Crippen molar-refractivity contribution in [3.8, 4) is 11.5 Å². The molecule has 41 heavy (non-hydrogen) atoms. The van der Waals surface area contributed by atoms with Crippen LogP contribution in [0.5, 0.6) is 11.5 Å². The second-order valence-corrected chi connectivity index (χ2v) is 12.3. The van der Waals surface area contributed by atoms with Crippen molar-refractivity contribution in [2.24, 2.45) is 5.10 Å². The number of nitrogens with one attached hydrogen (secondary N) is 1. The van der Waals surface area contributed by atoms with Gasteiger partial charge in [-0.15, -0.1) is 11.3 Å². The van der Waals surface area contributed by atoms with Crippen molar-refractivity contribution in [2.75, 3.05) is 18.6 Å². The molecular weight excluding hydrogens is 526 g/mol. The summed E-state index contributed by atoms with van der Waals surface area (Å²) in [4.78, 5) is 4.40. The largest absolute Gasteiger partial charge is 0.490 e. The lowest BCUT2D eigenvalue weighted by Crippen LogP contribution is -2.03. The van der Waals surface area contributed by atoms with E-state index in [9.17, 15) is 0 Å². The highest BCUT2D eigenvalue weighted by molar-refractivity contribution is 7.13. The number of thiazole rings is 1. The van der Waals surface area contributed by atoms with Crippen LogP contribution < -0.4 is 14.9 Å². The van der Waals surface area contributed by atoms with Crippen LogP contribution >= 0.6 is 11.3 Å². The fraction of sp³-hybridized carbons (Fsp3) is 0.714. The standard InChI is InChI=1S/C35H59N3O2S/c1-4-6-8-10-12-14-16-18-20-22-26-39-33-25-24-32(29-36-38-35-37-31(3)30-41-35)28-34(33)40-27-23-21-19-17-15-13-11-9-7-5-2/h24-25,28-30H,4-23,26-27H2,1-3H3,(H,37,38). The Kier molecular flexibility index (Phi) is 21.0. The minimum Gasteiger partial charge on any atom is -0.490 e. The van der Waals surface area contributed by atoms with E-state index in [1.807, 2.05) is 36.7 Å². The molecule has 0 saturated carbocycles. The summed E-state index contributed by atoms with van der Waals surface area (Å²) in [6.45, 7) is 8.01. The van der Waals surface area contributed by atoms with Crippen molar-refractivity contribution in [3.05, 3.63) is 34.8 Å². The van der Waals surface area contributed by atoms with Crippen LogP contribution in [0.2, 0.25) is 0 Å². The van der Waals surface area contributed by atoms with Gasteiger partial charge in [0.05, 0.1) is 25.1 Å². The third kappa shape index (κ3) is 18.1. The van der Waals surface area contributed by atoms with Gasteiger partial charge in [0.15, 0.2) is 11.5 Å². The Labute approximate surface area is 255 Å². The second-order valence-electron chi connectivity index (χ2n) is 11.4. The first-order valence-electron chi connectivity index (χ1n) is 16.8. The first-order chi connectivity index (χ1) is 20.2. The van der Waals surface area contributed by atoms with E-state index in [-0.39, 0.29) is 0 Å². The lowest BCUT2D eigenvalue weighted by atomic mass is 10.1. The Bertz CT molecular complexity index is 915. The number of hydrazone groups is 1. The van der Waals surface area contributed by atoms with Crippen LogP contribution in [0.1, 0.15) is 154 Å². The average Bonchev–Trinajstić information content (AvgIpc) is 3.40. The number of unbranched alkanes of at least 4 members (excludes halogenated alkanes) is 18. The number of hydrogen-bond donors (Lipinski definition) is 1. The summed E-state index contributed by atoms with van der Waals surface area (Å²) in [5.41, 5.74) is 5.00. The number of nitrogens with zero attached hydrogens (tertiary/aromatic N) is 2. The molecule has 0 fully saturated rings. The highest BCUT2D eigenvalue weighted by Crippen LogP contribution is 2.29. The van der Waals surface area contributed by atoms with Crippen molar-refractivity contribution >= 4 is 22.7 Å². The monoisotopic (exact) mass is 585 g/mol. The Morgan fingerprint density at radius 1 is 0.683 bits per heavy atom. The van der Waals surface area contributed by atoms with Crippen LogP contribution in [0.4, 0.5) is 5.13 Å². The van der Waals surface area contributed by atoms with Gasteiger partial charge in [0, 0.05) is 5.38 Å². The van der Waals surface area contributed by atoms with Crippen molar-refractivity contribution in [3.63, 3.8) is 0 Å². The predicted molar refractivity (Wildman–Crippen MR) is 179 cm³/mol. The number of ether oxygens (including phenoxy) is 2. The Hall–Kier alpha value is -2.08. The fourth-order valence-corrected chi connectivity index (χ4v) is 5.58. The smallest absolute Gasteiger partial charge is 0.203 e. The quantitative estimate of drug-likeness (QED) is 0.0643. The lowest BCUT2D eigenvalue weighted by molar-refractivity contribution is 0.258. The van der Waals surface area contributed by atoms with Gasteiger partial charge in [-0.2, -0.15) is 5.10 Å². The van der Waals surface area contributed by atoms with E-state index in [1.165, 1.54) is 116 Å². The number of hydrogen-bond acceptors (Lipinski definition) is 6. The van der Waals surface area contributed by atoms with Crippen LogP contribution in [0, 0.1) is 6.92 Å². The first-order valence-corrected chi connectivity index (χ1v) is 17.7. The maximum atomic E-state index is 6.25. The number of rotatable bonds is 27. The zero-order valence-corrected chi connectivity index (χ0v) is 27.4. The van der Waals surface area contributed by atoms with Gasteiger partial charge in [0.25, 0.3) is 0 Å². The molecule has 232 valence electrons. The third-order valence-corrected chi connectivity index (χ3v) is 8.34. The molecule has 1 aromatic carbocycles. The molecule has 0 radical (unpaired) electrons. The Balaban J connectivity index is 1.73. The minimum atomic E-state index is 0.725. The maximum absolute atomic E-state index is 6.25. The van der Waals surface area contributed by atoms with Gasteiger partial charge in [-0.3, -0.25) is 5.43 Å². The van der Waals surface area contributed by atoms with Crippen molar-refractivity contribution in [2.45, 2.75) is 149 Å². The molecule has 1 heterocycles. The van der Waals surface area contributed by atoms with E-state index in [0.717, 1.165) is 53.9 Å². The van der Waals surface area contributed by atoms with Gasteiger partial charge in [-0.25, -0.2) is 4.98 Å². The summed E-state index contributed by atoms with van der Waals surface area (Å²) >= 11 is 1.56. The highest BCUT2D eigenvalue weighted by atomic mass is 32.1. The number of benzene rings is 1. The molecule has 0 aliphatic rings. The van der Waals surface area contributed by atoms with Gasteiger partial charge in [0.2, 0.25) is 5.13 Å². The number of anilines is 1. The van der Waals surface area contributed by atoms with Crippen molar-refractivity contribution in [1.82, 2.24) is 4.98 Å².